The number of nitrogen functional groups attached to an aromatic ring is 1. The zero-order valence-electron chi connectivity index (χ0n) is 10.7. The monoisotopic (exact) mass is 237 g/mol. The fraction of sp³-hybridized carbons (Fsp3) is 0.500. The Balaban J connectivity index is 2.86. The van der Waals surface area contributed by atoms with Crippen LogP contribution in [0, 0.1) is 12.8 Å². The van der Waals surface area contributed by atoms with Crippen LogP contribution in [0.15, 0.2) is 12.3 Å². The number of hydrogen-bond donors (Lipinski definition) is 2. The minimum atomic E-state index is -0.407. The predicted molar refractivity (Wildman–Crippen MR) is 67.7 cm³/mol. The molecule has 0 fully saturated rings. The lowest BCUT2D eigenvalue weighted by molar-refractivity contribution is -0.142. The van der Waals surface area contributed by atoms with Crippen molar-refractivity contribution in [2.75, 3.05) is 18.2 Å². The van der Waals surface area contributed by atoms with Crippen molar-refractivity contribution in [3.8, 4) is 0 Å². The molecule has 0 radical (unpaired) electrons. The topological polar surface area (TPSA) is 77.2 Å². The highest BCUT2D eigenvalue weighted by Crippen LogP contribution is 2.16. The fourth-order valence-corrected chi connectivity index (χ4v) is 1.43. The van der Waals surface area contributed by atoms with Gasteiger partial charge in [-0.15, -0.1) is 0 Å². The Morgan fingerprint density at radius 2 is 2.18 bits per heavy atom. The number of rotatable bonds is 4. The molecule has 1 unspecified atom stereocenters. The molecule has 0 bridgehead atoms. The lowest BCUT2D eigenvalue weighted by Crippen LogP contribution is -2.35. The van der Waals surface area contributed by atoms with E-state index in [4.69, 9.17) is 10.5 Å². The maximum Gasteiger partial charge on any atom is 0.328 e. The third-order valence-corrected chi connectivity index (χ3v) is 2.58. The number of methoxy groups -OCH3 is 1. The van der Waals surface area contributed by atoms with Gasteiger partial charge < -0.3 is 15.8 Å². The van der Waals surface area contributed by atoms with Gasteiger partial charge in [0.2, 0.25) is 0 Å². The van der Waals surface area contributed by atoms with Crippen LogP contribution in [0.4, 0.5) is 11.5 Å². The summed E-state index contributed by atoms with van der Waals surface area (Å²) in [7, 11) is 1.38. The molecule has 1 heterocycles. The summed E-state index contributed by atoms with van der Waals surface area (Å²) < 4.78 is 4.75. The van der Waals surface area contributed by atoms with Gasteiger partial charge in [0, 0.05) is 0 Å². The second-order valence-corrected chi connectivity index (χ2v) is 4.32. The molecule has 3 N–H and O–H groups in total. The Morgan fingerprint density at radius 1 is 1.53 bits per heavy atom. The molecule has 0 aliphatic carbocycles. The molecular formula is C12H19N3O2. The van der Waals surface area contributed by atoms with Crippen LogP contribution in [-0.2, 0) is 9.53 Å². The summed E-state index contributed by atoms with van der Waals surface area (Å²) in [5, 5.41) is 3.06. The van der Waals surface area contributed by atoms with Gasteiger partial charge in [0.15, 0.2) is 0 Å². The van der Waals surface area contributed by atoms with Crippen molar-refractivity contribution >= 4 is 17.5 Å². The molecule has 0 amide bonds. The van der Waals surface area contributed by atoms with Crippen LogP contribution >= 0.6 is 0 Å². The Hall–Kier alpha value is -1.78. The van der Waals surface area contributed by atoms with Gasteiger partial charge in [-0.1, -0.05) is 13.8 Å². The molecule has 17 heavy (non-hydrogen) atoms. The van der Waals surface area contributed by atoms with Gasteiger partial charge in [0.1, 0.15) is 11.9 Å². The van der Waals surface area contributed by atoms with Crippen molar-refractivity contribution in [1.82, 2.24) is 4.98 Å². The number of esters is 1. The first-order chi connectivity index (χ1) is 7.95. The van der Waals surface area contributed by atoms with Crippen molar-refractivity contribution in [2.45, 2.75) is 26.8 Å². The van der Waals surface area contributed by atoms with Gasteiger partial charge in [-0.05, 0) is 24.5 Å². The quantitative estimate of drug-likeness (QED) is 0.777. The van der Waals surface area contributed by atoms with Gasteiger partial charge in [0.05, 0.1) is 19.0 Å². The molecule has 0 aromatic carbocycles. The molecule has 1 aromatic heterocycles. The molecule has 1 atom stereocenters. The van der Waals surface area contributed by atoms with Crippen LogP contribution < -0.4 is 11.1 Å². The number of hydrogen-bond acceptors (Lipinski definition) is 5. The number of ether oxygens (including phenoxy) is 1. The van der Waals surface area contributed by atoms with Gasteiger partial charge in [0.25, 0.3) is 0 Å². The first kappa shape index (κ1) is 13.3. The summed E-state index contributed by atoms with van der Waals surface area (Å²) in [5.41, 5.74) is 7.24. The average molecular weight is 237 g/mol. The number of carbonyl (C=O) groups is 1. The highest BCUT2D eigenvalue weighted by molar-refractivity contribution is 5.79. The lowest BCUT2D eigenvalue weighted by atomic mass is 10.0. The summed E-state index contributed by atoms with van der Waals surface area (Å²) in [4.78, 5) is 15.7. The summed E-state index contributed by atoms with van der Waals surface area (Å²) in [6.45, 7) is 5.78. The highest BCUT2D eigenvalue weighted by atomic mass is 16.5. The first-order valence-corrected chi connectivity index (χ1v) is 5.52. The molecule has 0 aliphatic heterocycles. The Kier molecular flexibility index (Phi) is 4.31. The number of anilines is 2. The molecule has 94 valence electrons. The maximum absolute atomic E-state index is 11.6. The normalized spacial score (nSPS) is 12.3. The SMILES string of the molecule is COC(=O)C(Nc1cc(C)c(N)cn1)C(C)C. The number of aryl methyl sites for hydroxylation is 1. The third kappa shape index (κ3) is 3.34. The molecule has 0 saturated heterocycles. The second-order valence-electron chi connectivity index (χ2n) is 4.32. The maximum atomic E-state index is 11.6. The minimum absolute atomic E-state index is 0.113. The summed E-state index contributed by atoms with van der Waals surface area (Å²) >= 11 is 0. The van der Waals surface area contributed by atoms with E-state index in [0.29, 0.717) is 11.5 Å². The van der Waals surface area contributed by atoms with Gasteiger partial charge >= 0.3 is 5.97 Å². The first-order valence-electron chi connectivity index (χ1n) is 5.52. The molecule has 0 spiro atoms. The Morgan fingerprint density at radius 3 is 2.65 bits per heavy atom. The largest absolute Gasteiger partial charge is 0.467 e. The van der Waals surface area contributed by atoms with Crippen LogP contribution in [0.1, 0.15) is 19.4 Å². The zero-order chi connectivity index (χ0) is 13.0. The lowest BCUT2D eigenvalue weighted by Gasteiger charge is -2.20. The molecule has 0 aliphatic rings. The molecular weight excluding hydrogens is 218 g/mol. The smallest absolute Gasteiger partial charge is 0.328 e. The van der Waals surface area contributed by atoms with Crippen LogP contribution in [-0.4, -0.2) is 24.1 Å². The highest BCUT2D eigenvalue weighted by Gasteiger charge is 2.23. The van der Waals surface area contributed by atoms with Crippen molar-refractivity contribution in [3.63, 3.8) is 0 Å². The summed E-state index contributed by atoms with van der Waals surface area (Å²) in [6, 6.07) is 1.41. The van der Waals surface area contributed by atoms with Crippen molar-refractivity contribution in [1.29, 1.82) is 0 Å². The van der Waals surface area contributed by atoms with Crippen LogP contribution in [0.25, 0.3) is 0 Å². The second kappa shape index (κ2) is 5.52. The summed E-state index contributed by atoms with van der Waals surface area (Å²) in [5.74, 6) is 0.444. The van der Waals surface area contributed by atoms with Gasteiger partial charge in [-0.25, -0.2) is 9.78 Å². The van der Waals surface area contributed by atoms with E-state index < -0.39 is 6.04 Å². The number of aromatic nitrogens is 1. The summed E-state index contributed by atoms with van der Waals surface area (Å²) in [6.07, 6.45) is 1.58. The van der Waals surface area contributed by atoms with Crippen LogP contribution in [0.2, 0.25) is 0 Å². The van der Waals surface area contributed by atoms with E-state index >= 15 is 0 Å². The van der Waals surface area contributed by atoms with Gasteiger partial charge in [-0.3, -0.25) is 0 Å². The van der Waals surface area contributed by atoms with Crippen LogP contribution in [0.3, 0.4) is 0 Å². The van der Waals surface area contributed by atoms with E-state index in [2.05, 4.69) is 10.3 Å². The number of carbonyl (C=O) groups excluding carboxylic acids is 1. The Bertz CT molecular complexity index is 405. The standard InChI is InChI=1S/C12H19N3O2/c1-7(2)11(12(16)17-4)15-10-5-8(3)9(13)6-14-10/h5-7,11H,13H2,1-4H3,(H,14,15). The molecule has 0 saturated carbocycles. The molecule has 5 heteroatoms. The van der Waals surface area contributed by atoms with E-state index in [1.165, 1.54) is 7.11 Å². The van der Waals surface area contributed by atoms with Crippen LogP contribution in [0.5, 0.6) is 0 Å². The van der Waals surface area contributed by atoms with E-state index in [0.717, 1.165) is 5.56 Å². The van der Waals surface area contributed by atoms with E-state index in [1.54, 1.807) is 6.20 Å². The van der Waals surface area contributed by atoms with E-state index in [-0.39, 0.29) is 11.9 Å². The van der Waals surface area contributed by atoms with Crippen molar-refractivity contribution in [3.05, 3.63) is 17.8 Å². The van der Waals surface area contributed by atoms with E-state index in [1.807, 2.05) is 26.8 Å². The average Bonchev–Trinajstić information content (AvgIpc) is 2.29. The minimum Gasteiger partial charge on any atom is -0.467 e. The molecule has 1 aromatic rings. The molecule has 5 nitrogen and oxygen atoms in total. The Labute approximate surface area is 101 Å². The van der Waals surface area contributed by atoms with Gasteiger partial charge in [-0.2, -0.15) is 0 Å². The zero-order valence-corrected chi connectivity index (χ0v) is 10.7. The number of pyridine rings is 1. The molecule has 1 rings (SSSR count). The number of nitrogens with zero attached hydrogens (tertiary/aromatic N) is 1. The predicted octanol–water partition coefficient (Wildman–Crippen LogP) is 1.58. The number of nitrogens with one attached hydrogen (secondary N) is 1. The van der Waals surface area contributed by atoms with Crippen molar-refractivity contribution < 1.29 is 9.53 Å². The number of nitrogens with two attached hydrogens (primary N) is 1. The fourth-order valence-electron chi connectivity index (χ4n) is 1.43. The van der Waals surface area contributed by atoms with Crippen molar-refractivity contribution in [2.24, 2.45) is 5.92 Å². The third-order valence-electron chi connectivity index (χ3n) is 2.58. The van der Waals surface area contributed by atoms with E-state index in [9.17, 15) is 4.79 Å².